The second-order valence-electron chi connectivity index (χ2n) is 6.79. The van der Waals surface area contributed by atoms with Gasteiger partial charge in [-0.25, -0.2) is 0 Å². The van der Waals surface area contributed by atoms with Crippen LogP contribution in [0.3, 0.4) is 0 Å². The Morgan fingerprint density at radius 2 is 1.86 bits per heavy atom. The number of benzene rings is 1. The summed E-state index contributed by atoms with van der Waals surface area (Å²) in [5.74, 6) is 0.766. The fourth-order valence-corrected chi connectivity index (χ4v) is 3.74. The number of fused-ring (bicyclic) bond motifs is 1. The van der Waals surface area contributed by atoms with E-state index in [0.717, 1.165) is 11.3 Å². The van der Waals surface area contributed by atoms with Gasteiger partial charge in [0.05, 0.1) is 12.3 Å². The number of hydrogen-bond donors (Lipinski definition) is 1. The quantitative estimate of drug-likeness (QED) is 0.923. The maximum Gasteiger partial charge on any atom is 0.228 e. The first-order valence-corrected chi connectivity index (χ1v) is 7.47. The SMILES string of the molecule is CC(=O)[C@@H]1C(NC(=O)Cc2ccccc2)=C[C@H]2[C@@H]1C2(C)C. The maximum absolute atomic E-state index is 12.2. The Labute approximate surface area is 125 Å². The van der Waals surface area contributed by atoms with E-state index in [1.807, 2.05) is 30.3 Å². The van der Waals surface area contributed by atoms with E-state index < -0.39 is 0 Å². The molecule has 0 saturated heterocycles. The van der Waals surface area contributed by atoms with Crippen LogP contribution in [-0.2, 0) is 16.0 Å². The van der Waals surface area contributed by atoms with Gasteiger partial charge in [0, 0.05) is 5.70 Å². The van der Waals surface area contributed by atoms with Crippen LogP contribution in [-0.4, -0.2) is 11.7 Å². The number of carbonyl (C=O) groups excluding carboxylic acids is 2. The van der Waals surface area contributed by atoms with E-state index in [1.165, 1.54) is 0 Å². The molecule has 3 atom stereocenters. The molecule has 1 aromatic carbocycles. The van der Waals surface area contributed by atoms with Crippen LogP contribution in [0.5, 0.6) is 0 Å². The molecule has 0 spiro atoms. The number of nitrogens with one attached hydrogen (secondary N) is 1. The van der Waals surface area contributed by atoms with Gasteiger partial charge in [-0.1, -0.05) is 50.3 Å². The summed E-state index contributed by atoms with van der Waals surface area (Å²) in [4.78, 5) is 24.1. The van der Waals surface area contributed by atoms with Gasteiger partial charge in [-0.05, 0) is 29.7 Å². The summed E-state index contributed by atoms with van der Waals surface area (Å²) >= 11 is 0. The Hall–Kier alpha value is -1.90. The van der Waals surface area contributed by atoms with E-state index in [9.17, 15) is 9.59 Å². The van der Waals surface area contributed by atoms with Gasteiger partial charge in [0.15, 0.2) is 0 Å². The van der Waals surface area contributed by atoms with E-state index in [4.69, 9.17) is 0 Å². The van der Waals surface area contributed by atoms with Gasteiger partial charge >= 0.3 is 0 Å². The van der Waals surface area contributed by atoms with Gasteiger partial charge in [-0.15, -0.1) is 0 Å². The molecule has 1 saturated carbocycles. The van der Waals surface area contributed by atoms with Gasteiger partial charge in [0.2, 0.25) is 5.91 Å². The Balaban J connectivity index is 1.69. The minimum absolute atomic E-state index is 0.0437. The third kappa shape index (κ3) is 2.41. The zero-order valence-electron chi connectivity index (χ0n) is 12.7. The second kappa shape index (κ2) is 4.83. The molecule has 2 aliphatic rings. The molecule has 3 nitrogen and oxygen atoms in total. The van der Waals surface area contributed by atoms with Crippen LogP contribution in [0.2, 0.25) is 0 Å². The Morgan fingerprint density at radius 3 is 2.48 bits per heavy atom. The predicted molar refractivity (Wildman–Crippen MR) is 81.3 cm³/mol. The van der Waals surface area contributed by atoms with E-state index in [-0.39, 0.29) is 23.0 Å². The maximum atomic E-state index is 12.2. The smallest absolute Gasteiger partial charge is 0.228 e. The normalized spacial score (nSPS) is 28.5. The second-order valence-corrected chi connectivity index (χ2v) is 6.79. The third-order valence-electron chi connectivity index (χ3n) is 4.98. The summed E-state index contributed by atoms with van der Waals surface area (Å²) < 4.78 is 0. The molecule has 3 rings (SSSR count). The van der Waals surface area contributed by atoms with Crippen molar-refractivity contribution in [1.29, 1.82) is 0 Å². The summed E-state index contributed by atoms with van der Waals surface area (Å²) in [5.41, 5.74) is 2.00. The number of carbonyl (C=O) groups is 2. The zero-order valence-corrected chi connectivity index (χ0v) is 12.7. The van der Waals surface area contributed by atoms with Crippen molar-refractivity contribution in [2.24, 2.45) is 23.2 Å². The highest BCUT2D eigenvalue weighted by Gasteiger charge is 2.65. The first-order valence-electron chi connectivity index (χ1n) is 7.47. The fourth-order valence-electron chi connectivity index (χ4n) is 3.74. The average Bonchev–Trinajstić information content (AvgIpc) is 2.79. The van der Waals surface area contributed by atoms with Crippen molar-refractivity contribution in [3.8, 4) is 0 Å². The third-order valence-corrected chi connectivity index (χ3v) is 4.98. The average molecular weight is 283 g/mol. The lowest BCUT2D eigenvalue weighted by molar-refractivity contribution is -0.121. The molecule has 21 heavy (non-hydrogen) atoms. The van der Waals surface area contributed by atoms with Crippen molar-refractivity contribution < 1.29 is 9.59 Å². The van der Waals surface area contributed by atoms with E-state index in [0.29, 0.717) is 18.3 Å². The van der Waals surface area contributed by atoms with Gasteiger partial charge < -0.3 is 5.32 Å². The molecule has 0 radical (unpaired) electrons. The predicted octanol–water partition coefficient (Wildman–Crippen LogP) is 2.72. The molecule has 1 amide bonds. The minimum atomic E-state index is -0.135. The molecule has 3 heteroatoms. The zero-order chi connectivity index (χ0) is 15.2. The first kappa shape index (κ1) is 14.1. The van der Waals surface area contributed by atoms with E-state index >= 15 is 0 Å². The van der Waals surface area contributed by atoms with Crippen LogP contribution >= 0.6 is 0 Å². The summed E-state index contributed by atoms with van der Waals surface area (Å²) in [5, 5.41) is 2.96. The lowest BCUT2D eigenvalue weighted by atomic mass is 9.91. The highest BCUT2D eigenvalue weighted by molar-refractivity contribution is 5.87. The summed E-state index contributed by atoms with van der Waals surface area (Å²) in [6.07, 6.45) is 2.45. The van der Waals surface area contributed by atoms with Crippen LogP contribution in [0.15, 0.2) is 42.1 Å². The molecule has 110 valence electrons. The van der Waals surface area contributed by atoms with Gasteiger partial charge in [0.1, 0.15) is 5.78 Å². The number of ketones is 1. The van der Waals surface area contributed by atoms with Crippen molar-refractivity contribution in [2.75, 3.05) is 0 Å². The van der Waals surface area contributed by atoms with Crippen LogP contribution in [0.1, 0.15) is 26.3 Å². The molecule has 1 aromatic rings. The number of Topliss-reactive ketones (excluding diaryl/α,β-unsaturated/α-hetero) is 1. The van der Waals surface area contributed by atoms with Gasteiger partial charge in [-0.2, -0.15) is 0 Å². The van der Waals surface area contributed by atoms with Gasteiger partial charge in [0.25, 0.3) is 0 Å². The molecule has 1 fully saturated rings. The summed E-state index contributed by atoms with van der Waals surface area (Å²) in [7, 11) is 0. The number of hydrogen-bond acceptors (Lipinski definition) is 2. The first-order chi connectivity index (χ1) is 9.91. The molecule has 0 bridgehead atoms. The topological polar surface area (TPSA) is 46.2 Å². The summed E-state index contributed by atoms with van der Waals surface area (Å²) in [6, 6.07) is 9.65. The highest BCUT2D eigenvalue weighted by Crippen LogP contribution is 2.67. The molecular formula is C18H21NO2. The number of amides is 1. The molecule has 0 aromatic heterocycles. The van der Waals surface area contributed by atoms with Crippen LogP contribution in [0, 0.1) is 23.2 Å². The van der Waals surface area contributed by atoms with Crippen LogP contribution in [0.25, 0.3) is 0 Å². The van der Waals surface area contributed by atoms with Crippen molar-refractivity contribution in [3.05, 3.63) is 47.7 Å². The summed E-state index contributed by atoms with van der Waals surface area (Å²) in [6.45, 7) is 6.01. The molecule has 0 unspecified atom stereocenters. The highest BCUT2D eigenvalue weighted by atomic mass is 16.1. The van der Waals surface area contributed by atoms with Crippen molar-refractivity contribution in [3.63, 3.8) is 0 Å². The lowest BCUT2D eigenvalue weighted by Gasteiger charge is -2.19. The minimum Gasteiger partial charge on any atom is -0.329 e. The fraction of sp³-hybridized carbons (Fsp3) is 0.444. The Kier molecular flexibility index (Phi) is 3.23. The van der Waals surface area contributed by atoms with Gasteiger partial charge in [-0.3, -0.25) is 9.59 Å². The number of allylic oxidation sites excluding steroid dienone is 2. The van der Waals surface area contributed by atoms with Crippen LogP contribution in [0.4, 0.5) is 0 Å². The Morgan fingerprint density at radius 1 is 1.19 bits per heavy atom. The van der Waals surface area contributed by atoms with Crippen molar-refractivity contribution in [1.82, 2.24) is 5.32 Å². The molecule has 0 heterocycles. The molecule has 0 aliphatic heterocycles. The number of rotatable bonds is 4. The molecule has 2 aliphatic carbocycles. The standard InChI is InChI=1S/C18H21NO2/c1-11(20)16-14(10-13-17(16)18(13,2)3)19-15(21)9-12-7-5-4-6-8-12/h4-8,10,13,16-17H,9H2,1-3H3,(H,19,21)/t13-,16+,17-/m0/s1. The largest absolute Gasteiger partial charge is 0.329 e. The van der Waals surface area contributed by atoms with Crippen LogP contribution < -0.4 is 5.32 Å². The monoisotopic (exact) mass is 283 g/mol. The van der Waals surface area contributed by atoms with Crippen molar-refractivity contribution in [2.45, 2.75) is 27.2 Å². The lowest BCUT2D eigenvalue weighted by Crippen LogP contribution is -2.32. The molecular weight excluding hydrogens is 262 g/mol. The molecule has 1 N–H and O–H groups in total. The van der Waals surface area contributed by atoms with Crippen molar-refractivity contribution >= 4 is 11.7 Å². The van der Waals surface area contributed by atoms with E-state index in [2.05, 4.69) is 25.2 Å². The Bertz CT molecular complexity index is 615. The van der Waals surface area contributed by atoms with E-state index in [1.54, 1.807) is 6.92 Å².